The maximum absolute atomic E-state index is 14.8. The van der Waals surface area contributed by atoms with E-state index >= 15 is 0 Å². The number of hydrogen-bond donors (Lipinski definition) is 1. The normalized spacial score (nSPS) is 28.4. The van der Waals surface area contributed by atoms with Crippen molar-refractivity contribution < 1.29 is 53.4 Å². The van der Waals surface area contributed by atoms with Gasteiger partial charge in [-0.25, -0.2) is 4.39 Å². The molecule has 2 rings (SSSR count). The van der Waals surface area contributed by atoms with Crippen LogP contribution < -0.4 is 0 Å². The molecule has 0 bridgehead atoms. The van der Waals surface area contributed by atoms with Crippen molar-refractivity contribution in [3.05, 3.63) is 33.4 Å². The van der Waals surface area contributed by atoms with Gasteiger partial charge in [-0.15, -0.1) is 0 Å². The third-order valence-electron chi connectivity index (χ3n) is 4.63. The molecule has 1 unspecified atom stereocenters. The van der Waals surface area contributed by atoms with Gasteiger partial charge < -0.3 is 5.11 Å². The van der Waals surface area contributed by atoms with Crippen molar-refractivity contribution in [1.29, 1.82) is 0 Å². The highest BCUT2D eigenvalue weighted by molar-refractivity contribution is 14.1. The van der Waals surface area contributed by atoms with Gasteiger partial charge in [0.2, 0.25) is 0 Å². The fourth-order valence-electron chi connectivity index (χ4n) is 2.89. The summed E-state index contributed by atoms with van der Waals surface area (Å²) in [5, 5.41) is 10.1. The van der Waals surface area contributed by atoms with Crippen molar-refractivity contribution in [2.24, 2.45) is 0 Å². The molecule has 1 atom stereocenters. The van der Waals surface area contributed by atoms with E-state index < -0.39 is 52.9 Å². The quantitative estimate of drug-likeness (QED) is 0.379. The lowest BCUT2D eigenvalue weighted by Gasteiger charge is -2.53. The highest BCUT2D eigenvalue weighted by atomic mass is 127. The SMILES string of the molecule is CC(O)(CC1(F)C(F)(F)C(F)(F)C(F)(F)C(F)(F)C1(F)F)c1ccc(I)cc1. The molecule has 13 heteroatoms. The van der Waals surface area contributed by atoms with Crippen molar-refractivity contribution in [2.45, 2.75) is 54.2 Å². The van der Waals surface area contributed by atoms with Gasteiger partial charge in [-0.3, -0.25) is 0 Å². The van der Waals surface area contributed by atoms with Gasteiger partial charge in [0.25, 0.3) is 5.67 Å². The number of rotatable bonds is 3. The molecule has 28 heavy (non-hydrogen) atoms. The molecule has 160 valence electrons. The standard InChI is InChI=1S/C15H10F11IO/c1-9(28,7-2-4-8(27)5-3-7)6-10(16)11(17,18)13(21,22)15(25,26)14(23,24)12(10,19)20/h2-5,28H,6H2,1H3. The molecule has 0 aromatic heterocycles. The molecule has 1 aromatic carbocycles. The number of hydrogen-bond acceptors (Lipinski definition) is 1. The lowest BCUT2D eigenvalue weighted by atomic mass is 9.67. The summed E-state index contributed by atoms with van der Waals surface area (Å²) in [6.45, 7) is 0.422. The molecule has 0 aliphatic heterocycles. The van der Waals surface area contributed by atoms with Crippen LogP contribution in [-0.2, 0) is 5.60 Å². The van der Waals surface area contributed by atoms with E-state index in [1.807, 2.05) is 0 Å². The van der Waals surface area contributed by atoms with E-state index in [1.54, 1.807) is 22.6 Å². The zero-order valence-electron chi connectivity index (χ0n) is 13.5. The summed E-state index contributed by atoms with van der Waals surface area (Å²) in [5.41, 5.74) is -9.91. The van der Waals surface area contributed by atoms with E-state index in [9.17, 15) is 53.4 Å². The van der Waals surface area contributed by atoms with Crippen molar-refractivity contribution in [2.75, 3.05) is 0 Å². The first kappa shape index (κ1) is 23.4. The summed E-state index contributed by atoms with van der Waals surface area (Å²) < 4.78 is 151. The number of alkyl halides is 11. The Labute approximate surface area is 164 Å². The fourth-order valence-corrected chi connectivity index (χ4v) is 3.25. The molecular weight excluding hydrogens is 532 g/mol. The van der Waals surface area contributed by atoms with Crippen LogP contribution in [0.1, 0.15) is 18.9 Å². The van der Waals surface area contributed by atoms with Crippen molar-refractivity contribution in [1.82, 2.24) is 0 Å². The Kier molecular flexibility index (Phi) is 5.08. The Hall–Kier alpha value is -0.860. The van der Waals surface area contributed by atoms with E-state index in [-0.39, 0.29) is 0 Å². The van der Waals surface area contributed by atoms with E-state index in [0.717, 1.165) is 12.1 Å². The van der Waals surface area contributed by atoms with Crippen molar-refractivity contribution in [3.63, 3.8) is 0 Å². The van der Waals surface area contributed by atoms with E-state index in [0.29, 0.717) is 10.5 Å². The minimum Gasteiger partial charge on any atom is -0.385 e. The molecule has 0 amide bonds. The topological polar surface area (TPSA) is 20.2 Å². The van der Waals surface area contributed by atoms with Crippen LogP contribution in [0.5, 0.6) is 0 Å². The second-order valence-electron chi connectivity index (χ2n) is 6.63. The molecule has 0 heterocycles. The van der Waals surface area contributed by atoms with Crippen molar-refractivity contribution >= 4 is 22.6 Å². The Balaban J connectivity index is 2.70. The minimum absolute atomic E-state index is 0.422. The number of halogens is 12. The second kappa shape index (κ2) is 6.08. The number of aliphatic hydroxyl groups is 1. The number of benzene rings is 1. The average molecular weight is 542 g/mol. The van der Waals surface area contributed by atoms with Crippen LogP contribution in [0.3, 0.4) is 0 Å². The van der Waals surface area contributed by atoms with Gasteiger partial charge in [0.15, 0.2) is 0 Å². The first-order chi connectivity index (χ1) is 12.2. The Morgan fingerprint density at radius 2 is 1.04 bits per heavy atom. The van der Waals surface area contributed by atoms with Crippen LogP contribution in [0.25, 0.3) is 0 Å². The van der Waals surface area contributed by atoms with Gasteiger partial charge in [0.1, 0.15) is 0 Å². The van der Waals surface area contributed by atoms with Crippen LogP contribution in [-0.4, -0.2) is 40.4 Å². The molecule has 1 aliphatic carbocycles. The lowest BCUT2D eigenvalue weighted by molar-refractivity contribution is -0.488. The third kappa shape index (κ3) is 2.59. The summed E-state index contributed by atoms with van der Waals surface area (Å²) in [5.74, 6) is -35.5. The molecular formula is C15H10F11IO. The monoisotopic (exact) mass is 542 g/mol. The zero-order valence-corrected chi connectivity index (χ0v) is 15.7. The molecule has 1 nitrogen and oxygen atoms in total. The highest BCUT2D eigenvalue weighted by Crippen LogP contribution is 2.71. The van der Waals surface area contributed by atoms with Crippen LogP contribution in [0, 0.1) is 3.57 Å². The molecule has 1 fully saturated rings. The fraction of sp³-hybridized carbons (Fsp3) is 0.600. The van der Waals surface area contributed by atoms with Gasteiger partial charge in [-0.05, 0) is 47.2 Å². The maximum atomic E-state index is 14.8. The van der Waals surface area contributed by atoms with E-state index in [4.69, 9.17) is 0 Å². The van der Waals surface area contributed by atoms with E-state index in [1.165, 1.54) is 12.1 Å². The summed E-state index contributed by atoms with van der Waals surface area (Å²) >= 11 is 1.73. The smallest absolute Gasteiger partial charge is 0.384 e. The Morgan fingerprint density at radius 1 is 0.714 bits per heavy atom. The second-order valence-corrected chi connectivity index (χ2v) is 7.88. The first-order valence-electron chi connectivity index (χ1n) is 7.27. The van der Waals surface area contributed by atoms with Gasteiger partial charge in [-0.1, -0.05) is 12.1 Å². The first-order valence-corrected chi connectivity index (χ1v) is 8.35. The molecule has 1 aliphatic rings. The minimum atomic E-state index is -7.27. The molecule has 0 saturated heterocycles. The Bertz CT molecular complexity index is 728. The predicted molar refractivity (Wildman–Crippen MR) is 81.9 cm³/mol. The highest BCUT2D eigenvalue weighted by Gasteiger charge is 3.01. The lowest BCUT2D eigenvalue weighted by Crippen LogP contribution is -2.84. The van der Waals surface area contributed by atoms with Crippen LogP contribution in [0.2, 0.25) is 0 Å². The molecule has 1 aromatic rings. The van der Waals surface area contributed by atoms with E-state index in [2.05, 4.69) is 0 Å². The zero-order chi connectivity index (χ0) is 22.2. The third-order valence-corrected chi connectivity index (χ3v) is 5.35. The van der Waals surface area contributed by atoms with Crippen molar-refractivity contribution in [3.8, 4) is 0 Å². The van der Waals surface area contributed by atoms with Gasteiger partial charge in [-0.2, -0.15) is 43.9 Å². The summed E-state index contributed by atoms with van der Waals surface area (Å²) in [6, 6.07) is 4.19. The van der Waals surface area contributed by atoms with Gasteiger partial charge in [0, 0.05) is 9.99 Å². The van der Waals surface area contributed by atoms with Crippen LogP contribution in [0.4, 0.5) is 48.3 Å². The average Bonchev–Trinajstić information content (AvgIpc) is 2.52. The summed E-state index contributed by atoms with van der Waals surface area (Å²) in [6.07, 6.45) is -2.72. The molecule has 0 spiro atoms. The predicted octanol–water partition coefficient (Wildman–Crippen LogP) is 5.79. The molecule has 0 radical (unpaired) electrons. The largest absolute Gasteiger partial charge is 0.385 e. The summed E-state index contributed by atoms with van der Waals surface area (Å²) in [7, 11) is 0. The van der Waals surface area contributed by atoms with Gasteiger partial charge in [0.05, 0.1) is 5.60 Å². The Morgan fingerprint density at radius 3 is 1.39 bits per heavy atom. The van der Waals surface area contributed by atoms with Crippen LogP contribution in [0.15, 0.2) is 24.3 Å². The van der Waals surface area contributed by atoms with Crippen LogP contribution >= 0.6 is 22.6 Å². The molecule has 1 N–H and O–H groups in total. The maximum Gasteiger partial charge on any atom is 0.384 e. The molecule has 1 saturated carbocycles. The van der Waals surface area contributed by atoms with Gasteiger partial charge >= 0.3 is 29.6 Å². The summed E-state index contributed by atoms with van der Waals surface area (Å²) in [4.78, 5) is 0.